The van der Waals surface area contributed by atoms with Gasteiger partial charge in [-0.25, -0.2) is 0 Å². The summed E-state index contributed by atoms with van der Waals surface area (Å²) in [5, 5.41) is 9.36. The number of benzene rings is 11. The molecule has 0 fully saturated rings. The van der Waals surface area contributed by atoms with Gasteiger partial charge >= 0.3 is 0 Å². The number of imidazole rings is 2. The van der Waals surface area contributed by atoms with Crippen molar-refractivity contribution < 1.29 is 24.5 Å². The molecule has 3 heterocycles. The van der Waals surface area contributed by atoms with Gasteiger partial charge in [0.05, 0.1) is 39.3 Å². The fraction of sp³-hybridized carbons (Fsp3) is 0.0882. The summed E-state index contributed by atoms with van der Waals surface area (Å²) in [5.74, 6) is 2.26. The van der Waals surface area contributed by atoms with E-state index in [2.05, 4.69) is 201 Å². The summed E-state index contributed by atoms with van der Waals surface area (Å²) in [4.78, 5) is 10.3. The normalized spacial score (nSPS) is 11.6. The van der Waals surface area contributed by atoms with Gasteiger partial charge in [0.1, 0.15) is 5.58 Å². The largest absolute Gasteiger partial charge is 0.501 e. The molecule has 0 aliphatic heterocycles. The van der Waals surface area contributed by atoms with E-state index in [1.807, 2.05) is 66.7 Å². The maximum atomic E-state index is 6.92. The number of rotatable bonds is 7. The predicted octanol–water partition coefficient (Wildman–Crippen LogP) is 18.3. The Balaban J connectivity index is 0.000000211. The molecule has 5 nitrogen and oxygen atoms in total. The molecule has 0 atom stereocenters. The first-order valence-electron chi connectivity index (χ1n) is 25.2. The molecule has 6 heteroatoms. The zero-order valence-corrected chi connectivity index (χ0v) is 43.9. The molecule has 1 radical (unpaired) electrons. The van der Waals surface area contributed by atoms with E-state index in [9.17, 15) is 0 Å². The van der Waals surface area contributed by atoms with Gasteiger partial charge in [0.25, 0.3) is 0 Å². The third-order valence-electron chi connectivity index (χ3n) is 14.3. The van der Waals surface area contributed by atoms with Crippen LogP contribution in [0.4, 0.5) is 0 Å². The van der Waals surface area contributed by atoms with E-state index >= 15 is 0 Å². The van der Waals surface area contributed by atoms with Crippen molar-refractivity contribution in [1.82, 2.24) is 19.1 Å². The molecule has 14 aromatic rings. The van der Waals surface area contributed by atoms with Crippen LogP contribution >= 0.6 is 0 Å². The predicted molar refractivity (Wildman–Crippen MR) is 304 cm³/mol. The summed E-state index contributed by atoms with van der Waals surface area (Å²) in [6.07, 6.45) is 0. The molecule has 14 rings (SSSR count). The molecule has 11 aromatic carbocycles. The van der Waals surface area contributed by atoms with E-state index in [4.69, 9.17) is 14.4 Å². The number of nitrogens with zero attached hydrogens (tertiary/aromatic N) is 4. The molecule has 0 unspecified atom stereocenters. The van der Waals surface area contributed by atoms with Gasteiger partial charge in [-0.15, -0.1) is 54.1 Å². The standard InChI is InChI=1S/C49H37N2O.C19H13N2.Ir/c1-29(2)40-26-35(31-13-6-5-7-14-31)27-41(30(3)4)46(40)51-47-37-18-11-9-16-33(37)23-24-44(47)50-49(51)39-20-12-19-38-43-25-34-22-21-32-15-8-10-17-36(32)42(34)28-45(43)52-48(38)39;1-3-9-15(10-4-1)19-20-17-13-7-8-14-18(17)21(19)16-11-5-2-6-12-16;/h5-19,21-30H,1-4H3;1-9,11-14H;/q2*-1;. The smallest absolute Gasteiger partial charge is 0.121 e. The number of fused-ring (bicyclic) bond motifs is 10. The summed E-state index contributed by atoms with van der Waals surface area (Å²) in [6, 6.07) is 83.5. The van der Waals surface area contributed by atoms with Gasteiger partial charge in [0, 0.05) is 42.3 Å². The third kappa shape index (κ3) is 7.99. The summed E-state index contributed by atoms with van der Waals surface area (Å²) in [5.41, 5.74) is 15.0. The molecule has 0 N–H and O–H groups in total. The van der Waals surface area contributed by atoms with Crippen LogP contribution in [-0.2, 0) is 20.1 Å². The topological polar surface area (TPSA) is 48.8 Å². The molecule has 0 bridgehead atoms. The Morgan fingerprint density at radius 2 is 1.08 bits per heavy atom. The summed E-state index contributed by atoms with van der Waals surface area (Å²) in [7, 11) is 0. The summed E-state index contributed by atoms with van der Waals surface area (Å²) < 4.78 is 11.5. The van der Waals surface area contributed by atoms with Crippen molar-refractivity contribution in [1.29, 1.82) is 0 Å². The first-order chi connectivity index (χ1) is 35.9. The van der Waals surface area contributed by atoms with Gasteiger partial charge in [-0.2, -0.15) is 0 Å². The minimum Gasteiger partial charge on any atom is -0.501 e. The van der Waals surface area contributed by atoms with Crippen molar-refractivity contribution in [2.75, 3.05) is 0 Å². The van der Waals surface area contributed by atoms with Crippen LogP contribution in [0.25, 0.3) is 122 Å². The molecule has 3 aromatic heterocycles. The zero-order valence-electron chi connectivity index (χ0n) is 41.5. The SMILES string of the molecule is CC(C)c1cc(-c2ccccc2)cc(C(C)C)c1-n1c(-c2[c-]ccc3c2oc2cc4c(ccc5ccccc54)cc23)nc2ccc3ccccc3c21.[Ir].[c-]1ccccc1-c1nc2ccccc2n1-c1ccccc1. The average Bonchev–Trinajstić information content (AvgIpc) is 4.15. The van der Waals surface area contributed by atoms with Gasteiger partial charge < -0.3 is 13.6 Å². The molecule has 0 saturated heterocycles. The fourth-order valence-corrected chi connectivity index (χ4v) is 10.8. The Bertz CT molecular complexity index is 4350. The van der Waals surface area contributed by atoms with Gasteiger partial charge in [-0.1, -0.05) is 166 Å². The molecule has 0 amide bonds. The number of aromatic nitrogens is 4. The van der Waals surface area contributed by atoms with Crippen LogP contribution in [0.2, 0.25) is 0 Å². The second-order valence-electron chi connectivity index (χ2n) is 19.5. The number of para-hydroxylation sites is 3. The van der Waals surface area contributed by atoms with Crippen molar-refractivity contribution in [3.63, 3.8) is 0 Å². The third-order valence-corrected chi connectivity index (χ3v) is 14.3. The van der Waals surface area contributed by atoms with Crippen molar-refractivity contribution >= 4 is 76.3 Å². The van der Waals surface area contributed by atoms with Gasteiger partial charge in [0.15, 0.2) is 0 Å². The molecule has 0 saturated carbocycles. The molecule has 0 aliphatic rings. The molecule has 0 spiro atoms. The number of furan rings is 1. The average molecular weight is 1130 g/mol. The van der Waals surface area contributed by atoms with Crippen LogP contribution < -0.4 is 0 Å². The number of hydrogen-bond donors (Lipinski definition) is 0. The van der Waals surface area contributed by atoms with E-state index in [-0.39, 0.29) is 31.9 Å². The first-order valence-corrected chi connectivity index (χ1v) is 25.2. The summed E-state index contributed by atoms with van der Waals surface area (Å²) >= 11 is 0. The van der Waals surface area contributed by atoms with Crippen LogP contribution in [-0.4, -0.2) is 19.1 Å². The second kappa shape index (κ2) is 19.2. The van der Waals surface area contributed by atoms with Gasteiger partial charge in [0.2, 0.25) is 0 Å². The van der Waals surface area contributed by atoms with Crippen molar-refractivity contribution in [2.24, 2.45) is 0 Å². The van der Waals surface area contributed by atoms with Gasteiger partial charge in [-0.3, -0.25) is 9.97 Å². The monoisotopic (exact) mass is 1130 g/mol. The minimum atomic E-state index is 0. The molecule has 74 heavy (non-hydrogen) atoms. The van der Waals surface area contributed by atoms with Crippen LogP contribution in [0.1, 0.15) is 50.7 Å². The Labute approximate surface area is 443 Å². The first kappa shape index (κ1) is 46.6. The van der Waals surface area contributed by atoms with Gasteiger partial charge in [-0.05, 0) is 116 Å². The molecule has 359 valence electrons. The van der Waals surface area contributed by atoms with E-state index in [1.54, 1.807) is 0 Å². The molecular weight excluding hydrogens is 1080 g/mol. The number of hydrogen-bond acceptors (Lipinski definition) is 3. The van der Waals surface area contributed by atoms with E-state index in [0.29, 0.717) is 0 Å². The van der Waals surface area contributed by atoms with E-state index in [0.717, 1.165) is 72.5 Å². The minimum absolute atomic E-state index is 0. The maximum Gasteiger partial charge on any atom is 0.121 e. The van der Waals surface area contributed by atoms with Crippen molar-refractivity contribution in [3.8, 4) is 45.3 Å². The fourth-order valence-electron chi connectivity index (χ4n) is 10.8. The van der Waals surface area contributed by atoms with Crippen LogP contribution in [0.15, 0.2) is 223 Å². The van der Waals surface area contributed by atoms with Crippen LogP contribution in [0.3, 0.4) is 0 Å². The Kier molecular flexibility index (Phi) is 12.1. The quantitative estimate of drug-likeness (QED) is 0.118. The Morgan fingerprint density at radius 3 is 1.82 bits per heavy atom. The Morgan fingerprint density at radius 1 is 0.446 bits per heavy atom. The molecular formula is C68H50IrN4O-2. The van der Waals surface area contributed by atoms with Crippen molar-refractivity contribution in [3.05, 3.63) is 242 Å². The van der Waals surface area contributed by atoms with Crippen molar-refractivity contribution in [2.45, 2.75) is 39.5 Å². The summed E-state index contributed by atoms with van der Waals surface area (Å²) in [6.45, 7) is 9.20. The second-order valence-corrected chi connectivity index (χ2v) is 19.5. The van der Waals surface area contributed by atoms with E-state index in [1.165, 1.54) is 60.3 Å². The van der Waals surface area contributed by atoms with Crippen LogP contribution in [0, 0.1) is 12.1 Å². The molecule has 0 aliphatic carbocycles. The van der Waals surface area contributed by atoms with E-state index < -0.39 is 0 Å². The zero-order chi connectivity index (χ0) is 49.2. The van der Waals surface area contributed by atoms with Crippen LogP contribution in [0.5, 0.6) is 0 Å². The Hall–Kier alpha value is -8.41. The maximum absolute atomic E-state index is 6.92.